The van der Waals surface area contributed by atoms with Crippen LogP contribution in [0, 0.1) is 11.8 Å². The summed E-state index contributed by atoms with van der Waals surface area (Å²) in [6.45, 7) is 10.6. The van der Waals surface area contributed by atoms with Crippen molar-refractivity contribution in [2.24, 2.45) is 11.8 Å². The van der Waals surface area contributed by atoms with Gasteiger partial charge in [0.25, 0.3) is 0 Å². The van der Waals surface area contributed by atoms with E-state index in [0.29, 0.717) is 5.92 Å². The van der Waals surface area contributed by atoms with Gasteiger partial charge in [0, 0.05) is 0 Å². The van der Waals surface area contributed by atoms with E-state index in [1.54, 1.807) is 0 Å². The van der Waals surface area contributed by atoms with E-state index in [1.807, 2.05) is 6.92 Å². The summed E-state index contributed by atoms with van der Waals surface area (Å²) in [4.78, 5) is 0. The summed E-state index contributed by atoms with van der Waals surface area (Å²) >= 11 is 0. The molecule has 0 aliphatic carbocycles. The van der Waals surface area contributed by atoms with Gasteiger partial charge in [0.1, 0.15) is 0 Å². The predicted octanol–water partition coefficient (Wildman–Crippen LogP) is 3.78. The Kier molecular flexibility index (Phi) is 6.90. The van der Waals surface area contributed by atoms with Crippen LogP contribution in [-0.4, -0.2) is 11.2 Å². The highest BCUT2D eigenvalue weighted by molar-refractivity contribution is 4.94. The van der Waals surface area contributed by atoms with Crippen molar-refractivity contribution in [2.75, 3.05) is 0 Å². The monoisotopic (exact) mass is 198 g/mol. The Hall–Kier alpha value is -0.300. The van der Waals surface area contributed by atoms with E-state index < -0.39 is 0 Å². The zero-order chi connectivity index (χ0) is 11.1. The van der Waals surface area contributed by atoms with E-state index in [4.69, 9.17) is 0 Å². The molecular weight excluding hydrogens is 172 g/mol. The fourth-order valence-corrected chi connectivity index (χ4v) is 1.49. The minimum atomic E-state index is -0.177. The van der Waals surface area contributed by atoms with Crippen LogP contribution in [0.2, 0.25) is 0 Å². The van der Waals surface area contributed by atoms with Gasteiger partial charge < -0.3 is 5.11 Å². The number of aliphatic hydroxyl groups is 1. The Labute approximate surface area is 89.2 Å². The van der Waals surface area contributed by atoms with Crippen LogP contribution in [0.25, 0.3) is 0 Å². The molecular formula is C13H26O. The molecule has 1 nitrogen and oxygen atoms in total. The zero-order valence-electron chi connectivity index (χ0n) is 10.4. The third kappa shape index (κ3) is 7.14. The quantitative estimate of drug-likeness (QED) is 0.644. The van der Waals surface area contributed by atoms with Gasteiger partial charge in [-0.15, -0.1) is 0 Å². The zero-order valence-corrected chi connectivity index (χ0v) is 10.4. The van der Waals surface area contributed by atoms with Crippen LogP contribution in [0.1, 0.15) is 53.9 Å². The lowest BCUT2D eigenvalue weighted by Gasteiger charge is -2.19. The summed E-state index contributed by atoms with van der Waals surface area (Å²) < 4.78 is 0. The highest BCUT2D eigenvalue weighted by Crippen LogP contribution is 2.20. The summed E-state index contributed by atoms with van der Waals surface area (Å²) in [7, 11) is 0. The SMILES string of the molecule is CC(C)=CCC(CCC(C)C)C(C)O. The molecule has 0 saturated heterocycles. The first-order valence-corrected chi connectivity index (χ1v) is 5.75. The van der Waals surface area contributed by atoms with E-state index in [-0.39, 0.29) is 6.10 Å². The van der Waals surface area contributed by atoms with Gasteiger partial charge in [-0.1, -0.05) is 31.9 Å². The van der Waals surface area contributed by atoms with Crippen molar-refractivity contribution < 1.29 is 5.11 Å². The number of allylic oxidation sites excluding steroid dienone is 2. The third-order valence-electron chi connectivity index (χ3n) is 2.63. The smallest absolute Gasteiger partial charge is 0.0543 e. The van der Waals surface area contributed by atoms with E-state index in [0.717, 1.165) is 18.8 Å². The van der Waals surface area contributed by atoms with Crippen LogP contribution in [-0.2, 0) is 0 Å². The van der Waals surface area contributed by atoms with Crippen LogP contribution >= 0.6 is 0 Å². The second-order valence-corrected chi connectivity index (χ2v) is 4.99. The molecule has 1 heteroatoms. The van der Waals surface area contributed by atoms with Crippen molar-refractivity contribution in [3.05, 3.63) is 11.6 Å². The summed E-state index contributed by atoms with van der Waals surface area (Å²) in [5.74, 6) is 1.18. The van der Waals surface area contributed by atoms with Crippen molar-refractivity contribution >= 4 is 0 Å². The minimum Gasteiger partial charge on any atom is -0.393 e. The lowest BCUT2D eigenvalue weighted by Crippen LogP contribution is -2.16. The molecule has 2 unspecified atom stereocenters. The second kappa shape index (κ2) is 7.05. The first-order chi connectivity index (χ1) is 6.43. The number of hydrogen-bond donors (Lipinski definition) is 1. The van der Waals surface area contributed by atoms with Crippen molar-refractivity contribution in [2.45, 2.75) is 60.0 Å². The topological polar surface area (TPSA) is 20.2 Å². The van der Waals surface area contributed by atoms with Crippen LogP contribution in [0.5, 0.6) is 0 Å². The molecule has 0 heterocycles. The number of rotatable bonds is 6. The number of aliphatic hydroxyl groups excluding tert-OH is 1. The first-order valence-electron chi connectivity index (χ1n) is 5.75. The van der Waals surface area contributed by atoms with Crippen LogP contribution < -0.4 is 0 Å². The summed E-state index contributed by atoms with van der Waals surface area (Å²) in [6.07, 6.45) is 5.43. The Balaban J connectivity index is 3.97. The van der Waals surface area contributed by atoms with Crippen LogP contribution in [0.3, 0.4) is 0 Å². The molecule has 0 aliphatic heterocycles. The van der Waals surface area contributed by atoms with Gasteiger partial charge in [0.15, 0.2) is 0 Å². The van der Waals surface area contributed by atoms with Gasteiger partial charge in [-0.05, 0) is 45.4 Å². The standard InChI is InChI=1S/C13H26O/c1-10(2)6-8-13(12(5)14)9-7-11(3)4/h6,11-14H,7-9H2,1-5H3. The molecule has 2 atom stereocenters. The molecule has 0 aromatic carbocycles. The Morgan fingerprint density at radius 3 is 2.07 bits per heavy atom. The first kappa shape index (κ1) is 13.7. The molecule has 0 aliphatic rings. The van der Waals surface area contributed by atoms with Gasteiger partial charge >= 0.3 is 0 Å². The molecule has 0 saturated carbocycles. The molecule has 0 amide bonds. The molecule has 1 N–H and O–H groups in total. The molecule has 14 heavy (non-hydrogen) atoms. The molecule has 0 rings (SSSR count). The van der Waals surface area contributed by atoms with Crippen molar-refractivity contribution in [3.63, 3.8) is 0 Å². The maximum absolute atomic E-state index is 9.61. The van der Waals surface area contributed by atoms with Crippen LogP contribution in [0.15, 0.2) is 11.6 Å². The predicted molar refractivity (Wildman–Crippen MR) is 63.3 cm³/mol. The molecule has 0 fully saturated rings. The van der Waals surface area contributed by atoms with Crippen LogP contribution in [0.4, 0.5) is 0 Å². The third-order valence-corrected chi connectivity index (χ3v) is 2.63. The summed E-state index contributed by atoms with van der Waals surface area (Å²) in [6, 6.07) is 0. The maximum Gasteiger partial charge on any atom is 0.0543 e. The average molecular weight is 198 g/mol. The Morgan fingerprint density at radius 1 is 1.14 bits per heavy atom. The molecule has 0 bridgehead atoms. The normalized spacial score (nSPS) is 15.4. The highest BCUT2D eigenvalue weighted by Gasteiger charge is 2.13. The van der Waals surface area contributed by atoms with Crippen molar-refractivity contribution in [1.82, 2.24) is 0 Å². The number of hydrogen-bond acceptors (Lipinski definition) is 1. The molecule has 0 aromatic rings. The highest BCUT2D eigenvalue weighted by atomic mass is 16.3. The minimum absolute atomic E-state index is 0.177. The van der Waals surface area contributed by atoms with Gasteiger partial charge in [-0.25, -0.2) is 0 Å². The fraction of sp³-hybridized carbons (Fsp3) is 0.846. The second-order valence-electron chi connectivity index (χ2n) is 4.99. The fourth-order valence-electron chi connectivity index (χ4n) is 1.49. The molecule has 0 spiro atoms. The van der Waals surface area contributed by atoms with Crippen molar-refractivity contribution in [1.29, 1.82) is 0 Å². The van der Waals surface area contributed by atoms with Gasteiger partial charge in [-0.3, -0.25) is 0 Å². The Bertz CT molecular complexity index is 164. The molecule has 84 valence electrons. The average Bonchev–Trinajstić information content (AvgIpc) is 2.02. The Morgan fingerprint density at radius 2 is 1.71 bits per heavy atom. The van der Waals surface area contributed by atoms with Gasteiger partial charge in [0.05, 0.1) is 6.10 Å². The molecule has 0 radical (unpaired) electrons. The largest absolute Gasteiger partial charge is 0.393 e. The summed E-state index contributed by atoms with van der Waals surface area (Å²) in [5, 5.41) is 9.61. The van der Waals surface area contributed by atoms with Gasteiger partial charge in [0.2, 0.25) is 0 Å². The van der Waals surface area contributed by atoms with E-state index in [9.17, 15) is 5.11 Å². The lowest BCUT2D eigenvalue weighted by molar-refractivity contribution is 0.117. The maximum atomic E-state index is 9.61. The van der Waals surface area contributed by atoms with E-state index in [2.05, 4.69) is 33.8 Å². The lowest BCUT2D eigenvalue weighted by atomic mass is 9.90. The molecule has 0 aromatic heterocycles. The van der Waals surface area contributed by atoms with Gasteiger partial charge in [-0.2, -0.15) is 0 Å². The van der Waals surface area contributed by atoms with E-state index in [1.165, 1.54) is 12.0 Å². The van der Waals surface area contributed by atoms with Crippen molar-refractivity contribution in [3.8, 4) is 0 Å². The summed E-state index contributed by atoms with van der Waals surface area (Å²) in [5.41, 5.74) is 1.35. The van der Waals surface area contributed by atoms with E-state index >= 15 is 0 Å².